The summed E-state index contributed by atoms with van der Waals surface area (Å²) in [5.41, 5.74) is 1.71. The van der Waals surface area contributed by atoms with Gasteiger partial charge in [0.15, 0.2) is 0 Å². The van der Waals surface area contributed by atoms with Gasteiger partial charge in [0.05, 0.1) is 0 Å². The van der Waals surface area contributed by atoms with Crippen LogP contribution < -0.4 is 5.32 Å². The van der Waals surface area contributed by atoms with Crippen LogP contribution in [-0.4, -0.2) is 27.7 Å². The lowest BCUT2D eigenvalue weighted by molar-refractivity contribution is 0.352. The monoisotopic (exact) mass is 274 g/mol. The second-order valence-corrected chi connectivity index (χ2v) is 4.92. The molecule has 1 atom stereocenters. The standard InChI is InChI=1S/C15H22N4O/c1-4-7-12(16-5-2)10-14-18-15(19-20-14)13-9-6-8-11(3)17-13/h6,8-9,12,16H,4-5,7,10H2,1-3H3. The lowest BCUT2D eigenvalue weighted by Gasteiger charge is -2.14. The molecule has 0 saturated carbocycles. The average Bonchev–Trinajstić information content (AvgIpc) is 2.88. The normalized spacial score (nSPS) is 12.6. The smallest absolute Gasteiger partial charge is 0.228 e. The Kier molecular flexibility index (Phi) is 5.24. The molecule has 2 rings (SSSR count). The van der Waals surface area contributed by atoms with E-state index in [1.54, 1.807) is 0 Å². The fourth-order valence-corrected chi connectivity index (χ4v) is 2.23. The summed E-state index contributed by atoms with van der Waals surface area (Å²) < 4.78 is 5.34. The second kappa shape index (κ2) is 7.14. The molecule has 0 aromatic carbocycles. The minimum atomic E-state index is 0.392. The molecule has 0 aliphatic heterocycles. The summed E-state index contributed by atoms with van der Waals surface area (Å²) in [5, 5.41) is 7.47. The highest BCUT2D eigenvalue weighted by atomic mass is 16.5. The zero-order chi connectivity index (χ0) is 14.4. The van der Waals surface area contributed by atoms with E-state index >= 15 is 0 Å². The van der Waals surface area contributed by atoms with Crippen molar-refractivity contribution < 1.29 is 4.52 Å². The van der Waals surface area contributed by atoms with Crippen molar-refractivity contribution in [2.24, 2.45) is 0 Å². The molecule has 0 aliphatic rings. The van der Waals surface area contributed by atoms with Crippen LogP contribution in [0.5, 0.6) is 0 Å². The maximum Gasteiger partial charge on any atom is 0.228 e. The van der Waals surface area contributed by atoms with Crippen LogP contribution in [0.15, 0.2) is 22.7 Å². The molecular weight excluding hydrogens is 252 g/mol. The van der Waals surface area contributed by atoms with Gasteiger partial charge in [0.2, 0.25) is 11.7 Å². The summed E-state index contributed by atoms with van der Waals surface area (Å²) in [7, 11) is 0. The van der Waals surface area contributed by atoms with Gasteiger partial charge in [-0.2, -0.15) is 4.98 Å². The van der Waals surface area contributed by atoms with Crippen molar-refractivity contribution in [1.82, 2.24) is 20.4 Å². The first-order chi connectivity index (χ1) is 9.72. The van der Waals surface area contributed by atoms with Crippen LogP contribution in [0.4, 0.5) is 0 Å². The third-order valence-electron chi connectivity index (χ3n) is 3.14. The van der Waals surface area contributed by atoms with Crippen molar-refractivity contribution in [3.63, 3.8) is 0 Å². The fraction of sp³-hybridized carbons (Fsp3) is 0.533. The minimum Gasteiger partial charge on any atom is -0.339 e. The van der Waals surface area contributed by atoms with Gasteiger partial charge >= 0.3 is 0 Å². The molecule has 2 aromatic heterocycles. The summed E-state index contributed by atoms with van der Waals surface area (Å²) in [6.45, 7) is 7.19. The van der Waals surface area contributed by atoms with Crippen LogP contribution in [0.2, 0.25) is 0 Å². The van der Waals surface area contributed by atoms with E-state index in [0.29, 0.717) is 17.8 Å². The molecule has 0 aliphatic carbocycles. The topological polar surface area (TPSA) is 63.8 Å². The number of nitrogens with zero attached hydrogens (tertiary/aromatic N) is 3. The van der Waals surface area contributed by atoms with E-state index in [2.05, 4.69) is 34.3 Å². The van der Waals surface area contributed by atoms with Crippen molar-refractivity contribution in [1.29, 1.82) is 0 Å². The highest BCUT2D eigenvalue weighted by Gasteiger charge is 2.14. The first-order valence-electron chi connectivity index (χ1n) is 7.23. The molecule has 0 radical (unpaired) electrons. The highest BCUT2D eigenvalue weighted by molar-refractivity contribution is 5.47. The molecule has 5 nitrogen and oxygen atoms in total. The van der Waals surface area contributed by atoms with Gasteiger partial charge in [-0.15, -0.1) is 0 Å². The van der Waals surface area contributed by atoms with Crippen LogP contribution in [0.3, 0.4) is 0 Å². The minimum absolute atomic E-state index is 0.392. The summed E-state index contributed by atoms with van der Waals surface area (Å²) in [6.07, 6.45) is 3.01. The maximum absolute atomic E-state index is 5.34. The Balaban J connectivity index is 2.08. The molecule has 1 N–H and O–H groups in total. The van der Waals surface area contributed by atoms with E-state index in [4.69, 9.17) is 4.52 Å². The lowest BCUT2D eigenvalue weighted by atomic mass is 10.1. The van der Waals surface area contributed by atoms with Gasteiger partial charge in [0, 0.05) is 18.2 Å². The summed E-state index contributed by atoms with van der Waals surface area (Å²) >= 11 is 0. The van der Waals surface area contributed by atoms with E-state index in [0.717, 1.165) is 37.2 Å². The van der Waals surface area contributed by atoms with Crippen molar-refractivity contribution in [3.05, 3.63) is 29.8 Å². The van der Waals surface area contributed by atoms with E-state index in [9.17, 15) is 0 Å². The molecule has 0 amide bonds. The number of likely N-dealkylation sites (N-methyl/N-ethyl adjacent to an activating group) is 1. The molecule has 5 heteroatoms. The van der Waals surface area contributed by atoms with Gasteiger partial charge < -0.3 is 9.84 Å². The van der Waals surface area contributed by atoms with Gasteiger partial charge in [-0.3, -0.25) is 0 Å². The second-order valence-electron chi connectivity index (χ2n) is 4.92. The lowest BCUT2D eigenvalue weighted by Crippen LogP contribution is -2.30. The molecule has 0 bridgehead atoms. The molecule has 0 fully saturated rings. The Morgan fingerprint density at radius 1 is 1.25 bits per heavy atom. The maximum atomic E-state index is 5.34. The number of rotatable bonds is 7. The summed E-state index contributed by atoms with van der Waals surface area (Å²) in [6, 6.07) is 6.19. The zero-order valence-electron chi connectivity index (χ0n) is 12.4. The zero-order valence-corrected chi connectivity index (χ0v) is 12.4. The molecule has 2 aromatic rings. The van der Waals surface area contributed by atoms with Crippen LogP contribution in [0.25, 0.3) is 11.5 Å². The fourth-order valence-electron chi connectivity index (χ4n) is 2.23. The predicted octanol–water partition coefficient (Wildman–Crippen LogP) is 2.76. The van der Waals surface area contributed by atoms with Crippen molar-refractivity contribution >= 4 is 0 Å². The van der Waals surface area contributed by atoms with Gasteiger partial charge in [-0.1, -0.05) is 31.5 Å². The Labute approximate surface area is 119 Å². The number of aromatic nitrogens is 3. The van der Waals surface area contributed by atoms with Crippen molar-refractivity contribution in [3.8, 4) is 11.5 Å². The number of aryl methyl sites for hydroxylation is 1. The first-order valence-corrected chi connectivity index (χ1v) is 7.23. The molecule has 108 valence electrons. The largest absolute Gasteiger partial charge is 0.339 e. The highest BCUT2D eigenvalue weighted by Crippen LogP contribution is 2.14. The molecule has 0 spiro atoms. The van der Waals surface area contributed by atoms with Gasteiger partial charge in [-0.05, 0) is 32.0 Å². The quantitative estimate of drug-likeness (QED) is 0.841. The van der Waals surface area contributed by atoms with Crippen LogP contribution in [0.1, 0.15) is 38.3 Å². The third-order valence-corrected chi connectivity index (χ3v) is 3.14. The van der Waals surface area contributed by atoms with E-state index in [-0.39, 0.29) is 0 Å². The number of pyridine rings is 1. The predicted molar refractivity (Wildman–Crippen MR) is 78.3 cm³/mol. The molecule has 1 unspecified atom stereocenters. The van der Waals surface area contributed by atoms with Crippen LogP contribution in [-0.2, 0) is 6.42 Å². The molecular formula is C15H22N4O. The summed E-state index contributed by atoms with van der Waals surface area (Å²) in [5.74, 6) is 1.23. The Morgan fingerprint density at radius 3 is 2.80 bits per heavy atom. The van der Waals surface area contributed by atoms with E-state index in [1.165, 1.54) is 0 Å². The van der Waals surface area contributed by atoms with Crippen LogP contribution >= 0.6 is 0 Å². The van der Waals surface area contributed by atoms with Gasteiger partial charge in [0.25, 0.3) is 0 Å². The third kappa shape index (κ3) is 3.87. The van der Waals surface area contributed by atoms with E-state index < -0.39 is 0 Å². The Hall–Kier alpha value is -1.75. The van der Waals surface area contributed by atoms with Crippen molar-refractivity contribution in [2.75, 3.05) is 6.54 Å². The summed E-state index contributed by atoms with van der Waals surface area (Å²) in [4.78, 5) is 8.85. The van der Waals surface area contributed by atoms with Gasteiger partial charge in [-0.25, -0.2) is 4.98 Å². The Morgan fingerprint density at radius 2 is 2.10 bits per heavy atom. The number of hydrogen-bond donors (Lipinski definition) is 1. The number of nitrogens with one attached hydrogen (secondary N) is 1. The van der Waals surface area contributed by atoms with Crippen molar-refractivity contribution in [2.45, 2.75) is 46.1 Å². The SMILES string of the molecule is CCCC(Cc1nc(-c2cccc(C)n2)no1)NCC. The van der Waals surface area contributed by atoms with E-state index in [1.807, 2.05) is 25.1 Å². The molecule has 20 heavy (non-hydrogen) atoms. The number of hydrogen-bond acceptors (Lipinski definition) is 5. The Bertz CT molecular complexity index is 532. The van der Waals surface area contributed by atoms with Gasteiger partial charge in [0.1, 0.15) is 5.69 Å². The first kappa shape index (κ1) is 14.7. The molecule has 0 saturated heterocycles. The average molecular weight is 274 g/mol. The molecule has 2 heterocycles. The van der Waals surface area contributed by atoms with Crippen LogP contribution in [0, 0.1) is 6.92 Å².